The van der Waals surface area contributed by atoms with Crippen LogP contribution in [0, 0.1) is 6.07 Å². The number of hydrogen-bond acceptors (Lipinski definition) is 4. The van der Waals surface area contributed by atoms with Crippen LogP contribution in [0.1, 0.15) is 26.3 Å². The summed E-state index contributed by atoms with van der Waals surface area (Å²) in [4.78, 5) is 9.64. The summed E-state index contributed by atoms with van der Waals surface area (Å²) in [5.41, 5.74) is 7.65. The summed E-state index contributed by atoms with van der Waals surface area (Å²) in [6.45, 7) is 6.63. The van der Waals surface area contributed by atoms with Crippen molar-refractivity contribution in [3.8, 4) is 45.5 Å². The van der Waals surface area contributed by atoms with E-state index in [2.05, 4.69) is 92.1 Å². The summed E-state index contributed by atoms with van der Waals surface area (Å²) in [5, 5.41) is 13.9. The zero-order chi connectivity index (χ0) is 32.1. The second kappa shape index (κ2) is 12.4. The van der Waals surface area contributed by atoms with E-state index in [0.29, 0.717) is 17.1 Å². The maximum atomic E-state index is 10.9. The minimum absolute atomic E-state index is 0. The minimum atomic E-state index is -0.0443. The molecular formula is C42H32N3O2Pt-. The number of ether oxygens (including phenoxy) is 1. The van der Waals surface area contributed by atoms with Gasteiger partial charge in [0.25, 0.3) is 0 Å². The molecule has 0 saturated carbocycles. The Bertz CT molecular complexity index is 2430. The molecule has 0 amide bonds. The average Bonchev–Trinajstić information content (AvgIpc) is 3.43. The fourth-order valence-electron chi connectivity index (χ4n) is 6.36. The van der Waals surface area contributed by atoms with Crippen molar-refractivity contribution in [3.05, 3.63) is 145 Å². The predicted octanol–water partition coefficient (Wildman–Crippen LogP) is 10.7. The quantitative estimate of drug-likeness (QED) is 0.176. The van der Waals surface area contributed by atoms with Gasteiger partial charge in [0.15, 0.2) is 0 Å². The Morgan fingerprint density at radius 3 is 2.12 bits per heavy atom. The van der Waals surface area contributed by atoms with E-state index in [1.54, 1.807) is 6.07 Å². The first kappa shape index (κ1) is 31.4. The molecule has 8 aromatic rings. The number of rotatable bonds is 5. The van der Waals surface area contributed by atoms with Crippen molar-refractivity contribution in [1.82, 2.24) is 14.5 Å². The summed E-state index contributed by atoms with van der Waals surface area (Å²) >= 11 is 0. The maximum absolute atomic E-state index is 10.9. The number of benzene rings is 5. The Balaban J connectivity index is 0.00000364. The molecule has 0 radical (unpaired) electrons. The molecule has 48 heavy (non-hydrogen) atoms. The summed E-state index contributed by atoms with van der Waals surface area (Å²) in [6, 6.07) is 46.1. The van der Waals surface area contributed by atoms with Gasteiger partial charge in [0.1, 0.15) is 17.1 Å². The first-order chi connectivity index (χ1) is 22.8. The Morgan fingerprint density at radius 2 is 1.40 bits per heavy atom. The van der Waals surface area contributed by atoms with E-state index in [9.17, 15) is 5.11 Å². The molecule has 0 spiro atoms. The summed E-state index contributed by atoms with van der Waals surface area (Å²) in [7, 11) is 0. The van der Waals surface area contributed by atoms with Gasteiger partial charge in [-0.25, -0.2) is 9.97 Å². The largest absolute Gasteiger partial charge is 0.506 e. The second-order valence-corrected chi connectivity index (χ2v) is 12.8. The van der Waals surface area contributed by atoms with E-state index in [1.807, 2.05) is 66.9 Å². The molecule has 0 unspecified atom stereocenters. The Hall–Kier alpha value is -5.25. The van der Waals surface area contributed by atoms with E-state index in [4.69, 9.17) is 14.7 Å². The van der Waals surface area contributed by atoms with Crippen LogP contribution in [-0.2, 0) is 26.5 Å². The first-order valence-corrected chi connectivity index (χ1v) is 15.7. The maximum Gasteiger partial charge on any atom is 0.217 e. The van der Waals surface area contributed by atoms with Crippen LogP contribution in [0.15, 0.2) is 134 Å². The van der Waals surface area contributed by atoms with Crippen LogP contribution in [-0.4, -0.2) is 19.6 Å². The third-order valence-electron chi connectivity index (χ3n) is 8.70. The van der Waals surface area contributed by atoms with Crippen molar-refractivity contribution < 1.29 is 30.9 Å². The molecule has 0 aliphatic rings. The van der Waals surface area contributed by atoms with Crippen molar-refractivity contribution >= 4 is 32.7 Å². The standard InChI is InChI=1S/C42H32N3O2.Pt/c1-42(2,3)29-22-23-43-38(24-29)45-35-17-11-10-16-33(35)40-34(28-14-8-5-9-15-28)25-30(26-36(40)45)47-39-21-19-32-31(27-12-6-4-7-13-27)18-20-37(46)41(32)44-39;/h4-25,46H,1-3H3;/q-1;. The zero-order valence-corrected chi connectivity index (χ0v) is 29.0. The van der Waals surface area contributed by atoms with E-state index in [1.165, 1.54) is 5.56 Å². The van der Waals surface area contributed by atoms with Crippen LogP contribution in [0.5, 0.6) is 17.4 Å². The van der Waals surface area contributed by atoms with Crippen LogP contribution < -0.4 is 4.74 Å². The number of hydrogen-bond donors (Lipinski definition) is 1. The Labute approximate surface area is 293 Å². The number of phenols is 1. The summed E-state index contributed by atoms with van der Waals surface area (Å²) < 4.78 is 8.68. The monoisotopic (exact) mass is 805 g/mol. The molecule has 8 rings (SSSR count). The molecule has 1 N–H and O–H groups in total. The molecule has 3 heterocycles. The van der Waals surface area contributed by atoms with E-state index in [0.717, 1.165) is 55.3 Å². The van der Waals surface area contributed by atoms with Gasteiger partial charge >= 0.3 is 0 Å². The molecule has 3 aromatic heterocycles. The van der Waals surface area contributed by atoms with Crippen molar-refractivity contribution in [1.29, 1.82) is 0 Å². The van der Waals surface area contributed by atoms with Gasteiger partial charge < -0.3 is 14.4 Å². The topological polar surface area (TPSA) is 60.2 Å². The number of aromatic nitrogens is 3. The van der Waals surface area contributed by atoms with Gasteiger partial charge in [-0.05, 0) is 69.5 Å². The second-order valence-electron chi connectivity index (χ2n) is 12.8. The summed E-state index contributed by atoms with van der Waals surface area (Å²) in [5.74, 6) is 1.79. The third-order valence-corrected chi connectivity index (χ3v) is 8.70. The van der Waals surface area contributed by atoms with Gasteiger partial charge in [0, 0.05) is 50.0 Å². The fraction of sp³-hybridized carbons (Fsp3) is 0.0952. The molecule has 0 bridgehead atoms. The fourth-order valence-corrected chi connectivity index (χ4v) is 6.36. The number of aromatic hydroxyl groups is 1. The predicted molar refractivity (Wildman–Crippen MR) is 190 cm³/mol. The number of nitrogens with zero attached hydrogens (tertiary/aromatic N) is 3. The van der Waals surface area contributed by atoms with Crippen LogP contribution in [0.25, 0.3) is 60.8 Å². The van der Waals surface area contributed by atoms with Gasteiger partial charge in [-0.15, -0.1) is 17.7 Å². The van der Waals surface area contributed by atoms with E-state index in [-0.39, 0.29) is 32.2 Å². The van der Waals surface area contributed by atoms with Crippen molar-refractivity contribution in [2.24, 2.45) is 0 Å². The van der Waals surface area contributed by atoms with Crippen LogP contribution in [0.3, 0.4) is 0 Å². The third kappa shape index (κ3) is 5.55. The number of para-hydroxylation sites is 1. The van der Waals surface area contributed by atoms with Gasteiger partial charge in [-0.2, -0.15) is 0 Å². The molecule has 0 saturated heterocycles. The molecule has 5 aromatic carbocycles. The zero-order valence-electron chi connectivity index (χ0n) is 26.7. The number of phenolic OH excluding ortho intramolecular Hbond substituents is 1. The molecule has 0 aliphatic heterocycles. The minimum Gasteiger partial charge on any atom is -0.506 e. The average molecular weight is 806 g/mol. The SMILES string of the molecule is CC(C)(C)c1ccnc(-n2c3[c-]c(Oc4ccc5c(-c6ccccc6)ccc(O)c5n4)cc(-c4ccccc4)c3c3ccccc32)c1.[Pt]. The van der Waals surface area contributed by atoms with Crippen LogP contribution in [0.2, 0.25) is 0 Å². The van der Waals surface area contributed by atoms with Crippen molar-refractivity contribution in [3.63, 3.8) is 0 Å². The van der Waals surface area contributed by atoms with Crippen LogP contribution in [0.4, 0.5) is 0 Å². The molecule has 0 aliphatic carbocycles. The van der Waals surface area contributed by atoms with E-state index >= 15 is 0 Å². The van der Waals surface area contributed by atoms with Crippen molar-refractivity contribution in [2.45, 2.75) is 26.2 Å². The summed E-state index contributed by atoms with van der Waals surface area (Å²) in [6.07, 6.45) is 1.88. The van der Waals surface area contributed by atoms with E-state index < -0.39 is 0 Å². The molecule has 0 fully saturated rings. The van der Waals surface area contributed by atoms with Gasteiger partial charge in [-0.1, -0.05) is 111 Å². The normalized spacial score (nSPS) is 11.6. The smallest absolute Gasteiger partial charge is 0.217 e. The first-order valence-electron chi connectivity index (χ1n) is 15.7. The molecule has 0 atom stereocenters. The molecule has 238 valence electrons. The number of pyridine rings is 2. The Kier molecular flexibility index (Phi) is 8.10. The van der Waals surface area contributed by atoms with Gasteiger partial charge in [0.05, 0.1) is 0 Å². The molecule has 5 nitrogen and oxygen atoms in total. The number of fused-ring (bicyclic) bond motifs is 4. The van der Waals surface area contributed by atoms with Gasteiger partial charge in [0.2, 0.25) is 5.88 Å². The van der Waals surface area contributed by atoms with Crippen LogP contribution >= 0.6 is 0 Å². The van der Waals surface area contributed by atoms with Crippen molar-refractivity contribution in [2.75, 3.05) is 0 Å². The Morgan fingerprint density at radius 1 is 0.708 bits per heavy atom. The van der Waals surface area contributed by atoms with Gasteiger partial charge in [-0.3, -0.25) is 0 Å². The molecule has 6 heteroatoms. The molecular weight excluding hydrogens is 774 g/mol.